The first-order valence-electron chi connectivity index (χ1n) is 4.52. The highest BCUT2D eigenvalue weighted by molar-refractivity contribution is 9.10. The molecule has 17 heavy (non-hydrogen) atoms. The molecule has 0 spiro atoms. The molecule has 94 valence electrons. The van der Waals surface area contributed by atoms with Gasteiger partial charge in [0.2, 0.25) is 10.0 Å². The molecule has 7 nitrogen and oxygen atoms in total. The van der Waals surface area contributed by atoms with Crippen LogP contribution in [-0.4, -0.2) is 26.4 Å². The lowest BCUT2D eigenvalue weighted by Crippen LogP contribution is -2.29. The largest absolute Gasteiger partial charge is 0.329 e. The minimum atomic E-state index is -3.91. The van der Waals surface area contributed by atoms with E-state index in [0.29, 0.717) is 4.47 Å². The highest BCUT2D eigenvalue weighted by Gasteiger charge is 2.25. The summed E-state index contributed by atoms with van der Waals surface area (Å²) in [5, 5.41) is 10.8. The normalized spacial score (nSPS) is 11.4. The van der Waals surface area contributed by atoms with Gasteiger partial charge in [0.1, 0.15) is 0 Å². The van der Waals surface area contributed by atoms with Crippen molar-refractivity contribution < 1.29 is 13.3 Å². The summed E-state index contributed by atoms with van der Waals surface area (Å²) in [5.74, 6) is 0. The third-order valence-corrected chi connectivity index (χ3v) is 3.85. The molecule has 1 aromatic rings. The maximum atomic E-state index is 11.7. The molecule has 0 amide bonds. The van der Waals surface area contributed by atoms with Crippen LogP contribution in [0.3, 0.4) is 0 Å². The van der Waals surface area contributed by atoms with Crippen molar-refractivity contribution >= 4 is 31.6 Å². The van der Waals surface area contributed by atoms with E-state index in [1.165, 1.54) is 12.1 Å². The van der Waals surface area contributed by atoms with Crippen LogP contribution in [0, 0.1) is 10.1 Å². The molecule has 0 saturated carbocycles. The molecule has 0 aliphatic rings. The SMILES string of the molecule is NCCNS(=O)(=O)c1ccc(Br)cc1[N+](=O)[O-]. The van der Waals surface area contributed by atoms with Gasteiger partial charge in [-0.1, -0.05) is 15.9 Å². The molecule has 0 aromatic heterocycles. The Bertz CT molecular complexity index is 532. The van der Waals surface area contributed by atoms with Crippen LogP contribution in [0.2, 0.25) is 0 Å². The fourth-order valence-electron chi connectivity index (χ4n) is 1.13. The summed E-state index contributed by atoms with van der Waals surface area (Å²) in [4.78, 5) is 9.64. The molecule has 0 aliphatic heterocycles. The molecule has 1 aromatic carbocycles. The van der Waals surface area contributed by atoms with Crippen LogP contribution in [0.25, 0.3) is 0 Å². The average Bonchev–Trinajstić information content (AvgIpc) is 2.26. The van der Waals surface area contributed by atoms with Crippen molar-refractivity contribution in [3.05, 3.63) is 32.8 Å². The van der Waals surface area contributed by atoms with Crippen molar-refractivity contribution in [1.82, 2.24) is 4.72 Å². The van der Waals surface area contributed by atoms with E-state index in [-0.39, 0.29) is 18.0 Å². The Labute approximate surface area is 106 Å². The highest BCUT2D eigenvalue weighted by atomic mass is 79.9. The van der Waals surface area contributed by atoms with Crippen LogP contribution >= 0.6 is 15.9 Å². The van der Waals surface area contributed by atoms with Gasteiger partial charge >= 0.3 is 0 Å². The monoisotopic (exact) mass is 323 g/mol. The summed E-state index contributed by atoms with van der Waals surface area (Å²) in [7, 11) is -3.91. The molecular weight excluding hydrogens is 314 g/mol. The molecule has 0 aliphatic carbocycles. The molecule has 0 unspecified atom stereocenters. The molecule has 0 atom stereocenters. The second-order valence-electron chi connectivity index (χ2n) is 3.06. The number of nitro benzene ring substituents is 1. The Morgan fingerprint density at radius 1 is 1.47 bits per heavy atom. The number of hydrogen-bond donors (Lipinski definition) is 2. The van der Waals surface area contributed by atoms with Gasteiger partial charge in [0.05, 0.1) is 4.92 Å². The lowest BCUT2D eigenvalue weighted by molar-refractivity contribution is -0.387. The molecular formula is C8H10BrN3O4S. The number of halogens is 1. The van der Waals surface area contributed by atoms with E-state index in [4.69, 9.17) is 5.73 Å². The van der Waals surface area contributed by atoms with Crippen LogP contribution in [0.15, 0.2) is 27.6 Å². The van der Waals surface area contributed by atoms with Crippen LogP contribution in [0.1, 0.15) is 0 Å². The van der Waals surface area contributed by atoms with Gasteiger partial charge in [0, 0.05) is 23.6 Å². The second-order valence-corrected chi connectivity index (χ2v) is 5.71. The van der Waals surface area contributed by atoms with Crippen molar-refractivity contribution in [2.45, 2.75) is 4.90 Å². The van der Waals surface area contributed by atoms with E-state index in [1.54, 1.807) is 0 Å². The molecule has 0 bridgehead atoms. The number of nitrogens with zero attached hydrogens (tertiary/aromatic N) is 1. The van der Waals surface area contributed by atoms with Gasteiger partial charge in [-0.3, -0.25) is 10.1 Å². The highest BCUT2D eigenvalue weighted by Crippen LogP contribution is 2.26. The molecule has 1 rings (SSSR count). The number of rotatable bonds is 5. The molecule has 0 heterocycles. The average molecular weight is 324 g/mol. The zero-order valence-corrected chi connectivity index (χ0v) is 11.0. The molecule has 0 radical (unpaired) electrons. The third-order valence-electron chi connectivity index (χ3n) is 1.84. The van der Waals surface area contributed by atoms with Crippen molar-refractivity contribution in [2.24, 2.45) is 5.73 Å². The van der Waals surface area contributed by atoms with Gasteiger partial charge in [-0.05, 0) is 12.1 Å². The Balaban J connectivity index is 3.26. The number of benzene rings is 1. The second kappa shape index (κ2) is 5.54. The summed E-state index contributed by atoms with van der Waals surface area (Å²) < 4.78 is 26.1. The first kappa shape index (κ1) is 14.0. The number of hydrogen-bond acceptors (Lipinski definition) is 5. The van der Waals surface area contributed by atoms with E-state index in [2.05, 4.69) is 20.7 Å². The number of nitrogens with one attached hydrogen (secondary N) is 1. The van der Waals surface area contributed by atoms with E-state index < -0.39 is 20.6 Å². The van der Waals surface area contributed by atoms with Gasteiger partial charge in [-0.15, -0.1) is 0 Å². The van der Waals surface area contributed by atoms with E-state index >= 15 is 0 Å². The standard InChI is InChI=1S/C8H10BrN3O4S/c9-6-1-2-8(7(5-6)12(13)14)17(15,16)11-4-3-10/h1-2,5,11H,3-4,10H2. The Hall–Kier alpha value is -1.03. The first-order chi connectivity index (χ1) is 7.88. The number of nitro groups is 1. The Morgan fingerprint density at radius 3 is 2.65 bits per heavy atom. The molecule has 0 fully saturated rings. The summed E-state index contributed by atoms with van der Waals surface area (Å²) >= 11 is 3.04. The maximum Gasteiger partial charge on any atom is 0.290 e. The topological polar surface area (TPSA) is 115 Å². The van der Waals surface area contributed by atoms with Crippen molar-refractivity contribution in [3.8, 4) is 0 Å². The van der Waals surface area contributed by atoms with Gasteiger partial charge < -0.3 is 5.73 Å². The van der Waals surface area contributed by atoms with Gasteiger partial charge in [-0.2, -0.15) is 0 Å². The van der Waals surface area contributed by atoms with E-state index in [0.717, 1.165) is 6.07 Å². The lowest BCUT2D eigenvalue weighted by Gasteiger charge is -2.06. The zero-order valence-electron chi connectivity index (χ0n) is 8.59. The maximum absolute atomic E-state index is 11.7. The van der Waals surface area contributed by atoms with E-state index in [9.17, 15) is 18.5 Å². The minimum absolute atomic E-state index is 0.0234. The number of nitrogens with two attached hydrogens (primary N) is 1. The zero-order chi connectivity index (χ0) is 13.1. The summed E-state index contributed by atoms with van der Waals surface area (Å²) in [6, 6.07) is 3.72. The van der Waals surface area contributed by atoms with Gasteiger partial charge in [-0.25, -0.2) is 13.1 Å². The van der Waals surface area contributed by atoms with Crippen molar-refractivity contribution in [3.63, 3.8) is 0 Å². The number of sulfonamides is 1. The van der Waals surface area contributed by atoms with Gasteiger partial charge in [0.15, 0.2) is 4.90 Å². The first-order valence-corrected chi connectivity index (χ1v) is 6.80. The molecule has 9 heteroatoms. The van der Waals surface area contributed by atoms with Crippen LogP contribution in [0.5, 0.6) is 0 Å². The van der Waals surface area contributed by atoms with Crippen LogP contribution in [0.4, 0.5) is 5.69 Å². The van der Waals surface area contributed by atoms with Crippen molar-refractivity contribution in [2.75, 3.05) is 13.1 Å². The molecule has 0 saturated heterocycles. The minimum Gasteiger partial charge on any atom is -0.329 e. The Morgan fingerprint density at radius 2 is 2.12 bits per heavy atom. The van der Waals surface area contributed by atoms with Crippen molar-refractivity contribution in [1.29, 1.82) is 0 Å². The van der Waals surface area contributed by atoms with E-state index in [1.807, 2.05) is 0 Å². The predicted molar refractivity (Wildman–Crippen MR) is 65.0 cm³/mol. The van der Waals surface area contributed by atoms with Crippen LogP contribution < -0.4 is 10.5 Å². The van der Waals surface area contributed by atoms with Crippen LogP contribution in [-0.2, 0) is 10.0 Å². The summed E-state index contributed by atoms with van der Waals surface area (Å²) in [6.45, 7) is 0.138. The molecule has 3 N–H and O–H groups in total. The summed E-state index contributed by atoms with van der Waals surface area (Å²) in [5.41, 5.74) is 4.68. The third kappa shape index (κ3) is 3.46. The summed E-state index contributed by atoms with van der Waals surface area (Å²) in [6.07, 6.45) is 0. The fraction of sp³-hybridized carbons (Fsp3) is 0.250. The van der Waals surface area contributed by atoms with Gasteiger partial charge in [0.25, 0.3) is 5.69 Å². The Kier molecular flexibility index (Phi) is 4.57. The fourth-order valence-corrected chi connectivity index (χ4v) is 2.68. The predicted octanol–water partition coefficient (Wildman–Crippen LogP) is 0.594. The smallest absolute Gasteiger partial charge is 0.290 e. The quantitative estimate of drug-likeness (QED) is 0.608. The lowest BCUT2D eigenvalue weighted by atomic mass is 10.3.